The molecule has 1 aromatic carbocycles. The highest BCUT2D eigenvalue weighted by atomic mass is 32.2. The summed E-state index contributed by atoms with van der Waals surface area (Å²) in [5, 5.41) is 0. The Bertz CT molecular complexity index is 726. The third kappa shape index (κ3) is 3.82. The van der Waals surface area contributed by atoms with Crippen LogP contribution >= 0.6 is 0 Å². The number of para-hydroxylation sites is 1. The van der Waals surface area contributed by atoms with Crippen LogP contribution in [0.5, 0.6) is 5.75 Å². The average molecular weight is 366 g/mol. The largest absolute Gasteiger partial charge is 0.496 e. The summed E-state index contributed by atoms with van der Waals surface area (Å²) < 4.78 is 30.6. The van der Waals surface area contributed by atoms with Gasteiger partial charge in [0.1, 0.15) is 11.8 Å². The van der Waals surface area contributed by atoms with Crippen LogP contribution in [0.2, 0.25) is 0 Å². The Labute approximate surface area is 149 Å². The van der Waals surface area contributed by atoms with E-state index in [0.717, 1.165) is 25.0 Å². The first-order valence-corrected chi connectivity index (χ1v) is 10.6. The van der Waals surface area contributed by atoms with Crippen LogP contribution in [0.4, 0.5) is 0 Å². The van der Waals surface area contributed by atoms with Crippen molar-refractivity contribution in [2.24, 2.45) is 0 Å². The summed E-state index contributed by atoms with van der Waals surface area (Å²) in [6.45, 7) is 1.78. The number of likely N-dealkylation sites (tertiary alicyclic amines) is 1. The Kier molecular flexibility index (Phi) is 5.34. The molecule has 1 atom stereocenters. The van der Waals surface area contributed by atoms with Gasteiger partial charge in [0.15, 0.2) is 0 Å². The molecule has 2 heterocycles. The Morgan fingerprint density at radius 1 is 1.12 bits per heavy atom. The number of carbonyl (C=O) groups excluding carboxylic acids is 1. The number of benzene rings is 1. The highest BCUT2D eigenvalue weighted by Gasteiger charge is 2.39. The van der Waals surface area contributed by atoms with E-state index in [0.29, 0.717) is 32.0 Å². The second-order valence-corrected chi connectivity index (χ2v) is 8.81. The van der Waals surface area contributed by atoms with Gasteiger partial charge in [-0.15, -0.1) is 0 Å². The number of hydrogen-bond acceptors (Lipinski definition) is 4. The van der Waals surface area contributed by atoms with Gasteiger partial charge in [-0.1, -0.05) is 18.2 Å². The number of hydrogen-bond donors (Lipinski definition) is 0. The van der Waals surface area contributed by atoms with Crippen molar-refractivity contribution in [1.29, 1.82) is 0 Å². The van der Waals surface area contributed by atoms with Gasteiger partial charge in [-0.25, -0.2) is 8.42 Å². The lowest BCUT2D eigenvalue weighted by atomic mass is 9.88. The van der Waals surface area contributed by atoms with Crippen molar-refractivity contribution < 1.29 is 17.9 Å². The second kappa shape index (κ2) is 7.33. The van der Waals surface area contributed by atoms with Gasteiger partial charge in [0.05, 0.1) is 13.4 Å². The molecule has 2 fully saturated rings. The fourth-order valence-corrected chi connectivity index (χ4v) is 5.13. The molecule has 2 saturated heterocycles. The van der Waals surface area contributed by atoms with Gasteiger partial charge in [0.2, 0.25) is 15.9 Å². The van der Waals surface area contributed by atoms with Gasteiger partial charge < -0.3 is 9.64 Å². The number of piperidine rings is 1. The summed E-state index contributed by atoms with van der Waals surface area (Å²) in [4.78, 5) is 14.7. The van der Waals surface area contributed by atoms with E-state index in [2.05, 4.69) is 6.07 Å². The molecule has 2 aliphatic heterocycles. The first kappa shape index (κ1) is 18.2. The molecular weight excluding hydrogens is 340 g/mol. The van der Waals surface area contributed by atoms with Crippen molar-refractivity contribution in [3.05, 3.63) is 29.8 Å². The van der Waals surface area contributed by atoms with Crippen molar-refractivity contribution in [1.82, 2.24) is 9.21 Å². The van der Waals surface area contributed by atoms with Crippen molar-refractivity contribution in [3.63, 3.8) is 0 Å². The van der Waals surface area contributed by atoms with Crippen LogP contribution in [0.25, 0.3) is 0 Å². The van der Waals surface area contributed by atoms with E-state index in [1.807, 2.05) is 23.1 Å². The lowest BCUT2D eigenvalue weighted by Gasteiger charge is -2.35. The molecule has 3 rings (SSSR count). The summed E-state index contributed by atoms with van der Waals surface area (Å²) >= 11 is 0. The van der Waals surface area contributed by atoms with E-state index in [-0.39, 0.29) is 5.91 Å². The maximum absolute atomic E-state index is 12.8. The van der Waals surface area contributed by atoms with Crippen LogP contribution in [0, 0.1) is 0 Å². The molecule has 6 nitrogen and oxygen atoms in total. The van der Waals surface area contributed by atoms with E-state index in [9.17, 15) is 13.2 Å². The van der Waals surface area contributed by atoms with E-state index < -0.39 is 16.1 Å². The molecule has 0 N–H and O–H groups in total. The van der Waals surface area contributed by atoms with Crippen LogP contribution in [0.1, 0.15) is 37.2 Å². The van der Waals surface area contributed by atoms with E-state index in [1.54, 1.807) is 7.11 Å². The predicted molar refractivity (Wildman–Crippen MR) is 96.1 cm³/mol. The monoisotopic (exact) mass is 366 g/mol. The molecule has 0 bridgehead atoms. The molecule has 0 spiro atoms. The Morgan fingerprint density at radius 3 is 2.44 bits per heavy atom. The zero-order valence-corrected chi connectivity index (χ0v) is 15.7. The smallest absolute Gasteiger partial charge is 0.241 e. The fourth-order valence-electron chi connectivity index (χ4n) is 4.01. The zero-order valence-electron chi connectivity index (χ0n) is 14.8. The molecule has 1 amide bonds. The summed E-state index contributed by atoms with van der Waals surface area (Å²) in [7, 11) is -1.65. The van der Waals surface area contributed by atoms with Gasteiger partial charge in [-0.2, -0.15) is 4.31 Å². The maximum atomic E-state index is 12.8. The summed E-state index contributed by atoms with van der Waals surface area (Å²) in [5.74, 6) is 1.22. The van der Waals surface area contributed by atoms with Gasteiger partial charge in [-0.3, -0.25) is 4.79 Å². The van der Waals surface area contributed by atoms with Gasteiger partial charge in [0, 0.05) is 19.6 Å². The van der Waals surface area contributed by atoms with Crippen LogP contribution in [0.15, 0.2) is 24.3 Å². The molecule has 138 valence electrons. The molecule has 0 aliphatic carbocycles. The number of amides is 1. The Balaban J connectivity index is 1.65. The number of carbonyl (C=O) groups is 1. The molecular formula is C18H26N2O4S. The minimum atomic E-state index is -3.33. The molecule has 25 heavy (non-hydrogen) atoms. The van der Waals surface area contributed by atoms with E-state index in [1.165, 1.54) is 16.1 Å². The fraction of sp³-hybridized carbons (Fsp3) is 0.611. The third-order valence-electron chi connectivity index (χ3n) is 5.30. The van der Waals surface area contributed by atoms with Crippen molar-refractivity contribution in [2.45, 2.75) is 37.6 Å². The van der Waals surface area contributed by atoms with Gasteiger partial charge in [-0.05, 0) is 43.2 Å². The standard InChI is InChI=1S/C18H26N2O4S/c1-24-17-8-4-3-6-15(17)14-9-12-19(13-10-14)18(21)16-7-5-11-20(16)25(2,22)23/h3-4,6,8,14,16H,5,7,9-13H2,1-2H3/t16-/m0/s1. The van der Waals surface area contributed by atoms with Gasteiger partial charge >= 0.3 is 0 Å². The van der Waals surface area contributed by atoms with E-state index >= 15 is 0 Å². The highest BCUT2D eigenvalue weighted by molar-refractivity contribution is 7.88. The lowest BCUT2D eigenvalue weighted by molar-refractivity contribution is -0.135. The topological polar surface area (TPSA) is 66.9 Å². The van der Waals surface area contributed by atoms with Crippen molar-refractivity contribution in [3.8, 4) is 5.75 Å². The van der Waals surface area contributed by atoms with Crippen molar-refractivity contribution >= 4 is 15.9 Å². The second-order valence-electron chi connectivity index (χ2n) is 6.87. The minimum absolute atomic E-state index is 0.0404. The molecule has 0 aromatic heterocycles. The quantitative estimate of drug-likeness (QED) is 0.815. The molecule has 0 unspecified atom stereocenters. The number of nitrogens with zero attached hydrogens (tertiary/aromatic N) is 2. The maximum Gasteiger partial charge on any atom is 0.241 e. The Hall–Kier alpha value is -1.60. The molecule has 0 radical (unpaired) electrons. The third-order valence-corrected chi connectivity index (χ3v) is 6.59. The Morgan fingerprint density at radius 2 is 1.80 bits per heavy atom. The first-order valence-electron chi connectivity index (χ1n) is 8.80. The van der Waals surface area contributed by atoms with Crippen molar-refractivity contribution in [2.75, 3.05) is 33.0 Å². The van der Waals surface area contributed by atoms with Crippen LogP contribution in [0.3, 0.4) is 0 Å². The number of rotatable bonds is 4. The van der Waals surface area contributed by atoms with E-state index in [4.69, 9.17) is 4.74 Å². The van der Waals surface area contributed by atoms with Gasteiger partial charge in [0.25, 0.3) is 0 Å². The first-order chi connectivity index (χ1) is 11.9. The SMILES string of the molecule is COc1ccccc1C1CCN(C(=O)[C@@H]2CCCN2S(C)(=O)=O)CC1. The van der Waals surface area contributed by atoms with Crippen LogP contribution in [-0.2, 0) is 14.8 Å². The molecule has 7 heteroatoms. The summed E-state index contributed by atoms with van der Waals surface area (Å²) in [6, 6.07) is 7.51. The predicted octanol–water partition coefficient (Wildman–Crippen LogP) is 1.83. The molecule has 0 saturated carbocycles. The summed E-state index contributed by atoms with van der Waals surface area (Å²) in [5.41, 5.74) is 1.19. The number of ether oxygens (including phenoxy) is 1. The number of sulfonamides is 1. The highest BCUT2D eigenvalue weighted by Crippen LogP contribution is 2.34. The summed E-state index contributed by atoms with van der Waals surface area (Å²) in [6.07, 6.45) is 4.31. The van der Waals surface area contributed by atoms with Crippen LogP contribution in [-0.4, -0.2) is 62.6 Å². The average Bonchev–Trinajstić information content (AvgIpc) is 3.11. The lowest BCUT2D eigenvalue weighted by Crippen LogP contribution is -2.49. The number of methoxy groups -OCH3 is 1. The molecule has 2 aliphatic rings. The normalized spacial score (nSPS) is 23.0. The minimum Gasteiger partial charge on any atom is -0.496 e. The van der Waals surface area contributed by atoms with Crippen LogP contribution < -0.4 is 4.74 Å². The molecule has 1 aromatic rings. The zero-order chi connectivity index (χ0) is 18.0.